The third kappa shape index (κ3) is 4.88. The maximum atomic E-state index is 12.2. The molecule has 1 atom stereocenters. The lowest BCUT2D eigenvalue weighted by Gasteiger charge is -2.13. The summed E-state index contributed by atoms with van der Waals surface area (Å²) >= 11 is 11.9. The van der Waals surface area contributed by atoms with E-state index >= 15 is 0 Å². The minimum absolute atomic E-state index is 0.221. The molecule has 1 aromatic heterocycles. The molecule has 1 N–H and O–H groups in total. The number of nitrogens with zero attached hydrogens (tertiary/aromatic N) is 1. The van der Waals surface area contributed by atoms with Gasteiger partial charge in [-0.15, -0.1) is 0 Å². The van der Waals surface area contributed by atoms with Crippen LogP contribution >= 0.6 is 23.2 Å². The summed E-state index contributed by atoms with van der Waals surface area (Å²) in [5, 5.41) is 4.12. The van der Waals surface area contributed by atoms with Crippen molar-refractivity contribution < 1.29 is 14.3 Å². The van der Waals surface area contributed by atoms with Crippen LogP contribution in [0.15, 0.2) is 60.7 Å². The fourth-order valence-corrected chi connectivity index (χ4v) is 2.78. The zero-order chi connectivity index (χ0) is 20.1. The number of benzene rings is 2. The number of hydrogen-bond donors (Lipinski definition) is 1. The zero-order valence-electron chi connectivity index (χ0n) is 14.9. The largest absolute Gasteiger partial charge is 0.449 e. The Morgan fingerprint density at radius 2 is 1.86 bits per heavy atom. The third-order valence-electron chi connectivity index (χ3n) is 3.88. The van der Waals surface area contributed by atoms with Crippen LogP contribution in [0.3, 0.4) is 0 Å². The number of ether oxygens (including phenoxy) is 1. The summed E-state index contributed by atoms with van der Waals surface area (Å²) in [6, 6.07) is 16.2. The van der Waals surface area contributed by atoms with Gasteiger partial charge in [0.15, 0.2) is 6.10 Å². The number of esters is 1. The first kappa shape index (κ1) is 19.9. The molecule has 2 aromatic carbocycles. The number of carbonyl (C=O) groups excluding carboxylic acids is 2. The molecular formula is C21H16Cl2N2O3. The number of fused-ring (bicyclic) bond motifs is 1. The van der Waals surface area contributed by atoms with Gasteiger partial charge in [-0.25, -0.2) is 9.78 Å². The number of carbonyl (C=O) groups is 2. The van der Waals surface area contributed by atoms with E-state index in [1.54, 1.807) is 24.3 Å². The van der Waals surface area contributed by atoms with E-state index in [0.717, 1.165) is 10.9 Å². The Balaban J connectivity index is 1.60. The Morgan fingerprint density at radius 3 is 2.68 bits per heavy atom. The lowest BCUT2D eigenvalue weighted by molar-refractivity contribution is -0.148. The first-order valence-corrected chi connectivity index (χ1v) is 9.19. The van der Waals surface area contributed by atoms with E-state index < -0.39 is 18.0 Å². The number of nitrogens with one attached hydrogen (secondary N) is 1. The first-order valence-electron chi connectivity index (χ1n) is 8.43. The quantitative estimate of drug-likeness (QED) is 0.464. The van der Waals surface area contributed by atoms with Crippen LogP contribution < -0.4 is 5.32 Å². The van der Waals surface area contributed by atoms with Crippen LogP contribution in [0.5, 0.6) is 0 Å². The predicted octanol–water partition coefficient (Wildman–Crippen LogP) is 5.13. The van der Waals surface area contributed by atoms with Crippen LogP contribution in [0.25, 0.3) is 17.0 Å². The highest BCUT2D eigenvalue weighted by molar-refractivity contribution is 6.44. The molecule has 142 valence electrons. The number of para-hydroxylation sites is 1. The van der Waals surface area contributed by atoms with Crippen molar-refractivity contribution in [1.29, 1.82) is 0 Å². The maximum Gasteiger partial charge on any atom is 0.331 e. The van der Waals surface area contributed by atoms with Gasteiger partial charge in [-0.3, -0.25) is 4.79 Å². The molecule has 0 aliphatic heterocycles. The molecule has 0 saturated carbocycles. The minimum atomic E-state index is -1.02. The van der Waals surface area contributed by atoms with Crippen LogP contribution in [-0.2, 0) is 14.3 Å². The highest BCUT2D eigenvalue weighted by atomic mass is 35.5. The molecule has 7 heteroatoms. The highest BCUT2D eigenvalue weighted by Crippen LogP contribution is 2.29. The normalized spacial score (nSPS) is 12.1. The summed E-state index contributed by atoms with van der Waals surface area (Å²) in [7, 11) is 0. The van der Waals surface area contributed by atoms with Crippen LogP contribution in [0.2, 0.25) is 10.0 Å². The fraction of sp³-hybridized carbons (Fsp3) is 0.0952. The van der Waals surface area contributed by atoms with E-state index in [9.17, 15) is 9.59 Å². The lowest BCUT2D eigenvalue weighted by Crippen LogP contribution is -2.29. The molecule has 0 bridgehead atoms. The highest BCUT2D eigenvalue weighted by Gasteiger charge is 2.18. The second-order valence-electron chi connectivity index (χ2n) is 5.93. The zero-order valence-corrected chi connectivity index (χ0v) is 16.4. The van der Waals surface area contributed by atoms with E-state index in [1.165, 1.54) is 19.1 Å². The first-order chi connectivity index (χ1) is 13.4. The number of halogens is 2. The summed E-state index contributed by atoms with van der Waals surface area (Å²) in [5.74, 6) is -1.18. The van der Waals surface area contributed by atoms with Crippen LogP contribution in [0.4, 0.5) is 5.69 Å². The van der Waals surface area contributed by atoms with Gasteiger partial charge in [-0.1, -0.05) is 53.5 Å². The lowest BCUT2D eigenvalue weighted by atomic mass is 10.2. The smallest absolute Gasteiger partial charge is 0.331 e. The maximum absolute atomic E-state index is 12.2. The molecule has 3 aromatic rings. The molecule has 0 saturated heterocycles. The molecule has 0 radical (unpaired) electrons. The molecule has 1 unspecified atom stereocenters. The summed E-state index contributed by atoms with van der Waals surface area (Å²) in [6.45, 7) is 1.47. The van der Waals surface area contributed by atoms with Gasteiger partial charge in [-0.05, 0) is 37.3 Å². The Kier molecular flexibility index (Phi) is 6.29. The molecule has 0 fully saturated rings. The van der Waals surface area contributed by atoms with Crippen molar-refractivity contribution in [1.82, 2.24) is 4.98 Å². The Labute approximate surface area is 171 Å². The van der Waals surface area contributed by atoms with Gasteiger partial charge >= 0.3 is 5.97 Å². The molecule has 0 aliphatic rings. The second-order valence-corrected chi connectivity index (χ2v) is 6.72. The molecule has 28 heavy (non-hydrogen) atoms. The van der Waals surface area contributed by atoms with Crippen molar-refractivity contribution in [3.05, 3.63) is 76.4 Å². The average Bonchev–Trinajstić information content (AvgIpc) is 2.69. The van der Waals surface area contributed by atoms with Crippen LogP contribution in [0.1, 0.15) is 12.6 Å². The minimum Gasteiger partial charge on any atom is -0.449 e. The van der Waals surface area contributed by atoms with Crippen LogP contribution in [-0.4, -0.2) is 23.0 Å². The van der Waals surface area contributed by atoms with E-state index in [4.69, 9.17) is 27.9 Å². The molecule has 5 nitrogen and oxygen atoms in total. The number of pyridine rings is 1. The molecule has 0 aliphatic carbocycles. The molecule has 3 rings (SSSR count). The Bertz CT molecular complexity index is 1070. The van der Waals surface area contributed by atoms with Crippen molar-refractivity contribution in [2.24, 2.45) is 0 Å². The SMILES string of the molecule is CC(OC(=O)C=Cc1ccc2ccccc2n1)C(=O)Nc1cccc(Cl)c1Cl. The number of rotatable bonds is 5. The number of hydrogen-bond acceptors (Lipinski definition) is 4. The number of anilines is 1. The van der Waals surface area contributed by atoms with Crippen LogP contribution in [0, 0.1) is 0 Å². The Hall–Kier alpha value is -2.89. The van der Waals surface area contributed by atoms with Gasteiger partial charge in [0.1, 0.15) is 0 Å². The molecule has 1 amide bonds. The summed E-state index contributed by atoms with van der Waals surface area (Å²) in [5.41, 5.74) is 1.78. The molecule has 0 spiro atoms. The van der Waals surface area contributed by atoms with Crippen molar-refractivity contribution in [2.75, 3.05) is 5.32 Å². The van der Waals surface area contributed by atoms with Crippen molar-refractivity contribution in [3.63, 3.8) is 0 Å². The third-order valence-corrected chi connectivity index (χ3v) is 4.70. The van der Waals surface area contributed by atoms with E-state index in [0.29, 0.717) is 16.4 Å². The summed E-state index contributed by atoms with van der Waals surface area (Å²) < 4.78 is 5.12. The Morgan fingerprint density at radius 1 is 1.07 bits per heavy atom. The molecule has 1 heterocycles. The second kappa shape index (κ2) is 8.87. The fourth-order valence-electron chi connectivity index (χ4n) is 2.43. The van der Waals surface area contributed by atoms with Gasteiger partial charge in [0.25, 0.3) is 5.91 Å². The van der Waals surface area contributed by atoms with Crippen molar-refractivity contribution in [3.8, 4) is 0 Å². The van der Waals surface area contributed by atoms with Crippen molar-refractivity contribution >= 4 is 57.7 Å². The number of aromatic nitrogens is 1. The van der Waals surface area contributed by atoms with Gasteiger partial charge < -0.3 is 10.1 Å². The van der Waals surface area contributed by atoms with Gasteiger partial charge in [0.2, 0.25) is 0 Å². The molecular weight excluding hydrogens is 399 g/mol. The van der Waals surface area contributed by atoms with Gasteiger partial charge in [-0.2, -0.15) is 0 Å². The van der Waals surface area contributed by atoms with E-state index in [1.807, 2.05) is 30.3 Å². The van der Waals surface area contributed by atoms with E-state index in [-0.39, 0.29) is 5.02 Å². The average molecular weight is 415 g/mol. The number of amides is 1. The van der Waals surface area contributed by atoms with Gasteiger partial charge in [0.05, 0.1) is 26.9 Å². The van der Waals surface area contributed by atoms with Gasteiger partial charge in [0, 0.05) is 11.5 Å². The summed E-state index contributed by atoms with van der Waals surface area (Å²) in [4.78, 5) is 28.6. The van der Waals surface area contributed by atoms with Crippen molar-refractivity contribution in [2.45, 2.75) is 13.0 Å². The standard InChI is InChI=1S/C21H16Cl2N2O3/c1-13(21(27)25-18-8-4-6-16(22)20(18)23)28-19(26)12-11-15-10-9-14-5-2-3-7-17(14)24-15/h2-13H,1H3,(H,25,27). The predicted molar refractivity (Wildman–Crippen MR) is 111 cm³/mol. The topological polar surface area (TPSA) is 68.3 Å². The monoisotopic (exact) mass is 414 g/mol. The van der Waals surface area contributed by atoms with E-state index in [2.05, 4.69) is 10.3 Å². The summed E-state index contributed by atoms with van der Waals surface area (Å²) in [6.07, 6.45) is 1.75.